The Labute approximate surface area is 121 Å². The number of carbonyl (C=O) groups is 1. The first-order valence-corrected chi connectivity index (χ1v) is 7.69. The highest BCUT2D eigenvalue weighted by Crippen LogP contribution is 2.22. The molecule has 0 aromatic carbocycles. The molecule has 2 N–H and O–H groups in total. The van der Waals surface area contributed by atoms with Gasteiger partial charge in [0.2, 0.25) is 0 Å². The summed E-state index contributed by atoms with van der Waals surface area (Å²) in [6.07, 6.45) is 5.46. The third-order valence-electron chi connectivity index (χ3n) is 4.22. The molecule has 0 spiro atoms. The largest absolute Gasteiger partial charge is 0.384 e. The molecule has 1 atom stereocenters. The van der Waals surface area contributed by atoms with E-state index in [0.717, 1.165) is 44.0 Å². The minimum absolute atomic E-state index is 0.102. The van der Waals surface area contributed by atoms with Crippen LogP contribution in [0.5, 0.6) is 0 Å². The molecule has 4 heteroatoms. The fraction of sp³-hybridized carbons (Fsp3) is 0.625. The van der Waals surface area contributed by atoms with Crippen LogP contribution in [0.1, 0.15) is 55.6 Å². The van der Waals surface area contributed by atoms with Crippen molar-refractivity contribution in [2.45, 2.75) is 46.0 Å². The number of anilines is 1. The first-order chi connectivity index (χ1) is 9.63. The second-order valence-electron chi connectivity index (χ2n) is 5.62. The molecule has 1 aromatic heterocycles. The number of likely N-dealkylation sites (tertiary alicyclic amines) is 1. The van der Waals surface area contributed by atoms with Gasteiger partial charge in [0.1, 0.15) is 5.82 Å². The molecule has 1 aromatic rings. The number of rotatable bonds is 3. The first kappa shape index (κ1) is 14.8. The molecule has 2 heterocycles. The molecule has 1 aliphatic heterocycles. The normalized spacial score (nSPS) is 19.7. The Balaban J connectivity index is 2.12. The molecule has 1 amide bonds. The van der Waals surface area contributed by atoms with Crippen LogP contribution in [0.25, 0.3) is 0 Å². The first-order valence-electron chi connectivity index (χ1n) is 7.69. The van der Waals surface area contributed by atoms with Gasteiger partial charge in [0.25, 0.3) is 5.91 Å². The molecule has 0 radical (unpaired) electrons. The number of hydrogen-bond acceptors (Lipinski definition) is 3. The lowest BCUT2D eigenvalue weighted by Crippen LogP contribution is -2.32. The predicted molar refractivity (Wildman–Crippen MR) is 81.6 cm³/mol. The summed E-state index contributed by atoms with van der Waals surface area (Å²) >= 11 is 0. The highest BCUT2D eigenvalue weighted by Gasteiger charge is 2.21. The van der Waals surface area contributed by atoms with E-state index in [1.165, 1.54) is 12.8 Å². The monoisotopic (exact) mass is 275 g/mol. The Bertz CT molecular complexity index is 473. The number of aryl methyl sites for hydroxylation is 1. The fourth-order valence-electron chi connectivity index (χ4n) is 2.87. The quantitative estimate of drug-likeness (QED) is 0.922. The van der Waals surface area contributed by atoms with Gasteiger partial charge in [-0.3, -0.25) is 4.79 Å². The molecule has 1 aliphatic rings. The van der Waals surface area contributed by atoms with E-state index in [4.69, 9.17) is 5.73 Å². The fourth-order valence-corrected chi connectivity index (χ4v) is 2.87. The van der Waals surface area contributed by atoms with Crippen molar-refractivity contribution in [3.8, 4) is 0 Å². The maximum Gasteiger partial charge on any atom is 0.254 e. The molecule has 0 aliphatic carbocycles. The smallest absolute Gasteiger partial charge is 0.254 e. The molecule has 20 heavy (non-hydrogen) atoms. The Kier molecular flexibility index (Phi) is 4.99. The number of carbonyl (C=O) groups excluding carboxylic acids is 1. The maximum absolute atomic E-state index is 12.6. The molecule has 0 saturated carbocycles. The molecule has 1 saturated heterocycles. The standard InChI is InChI=1S/C16H25N3O/c1-3-12-6-5-8-19(9-7-12)16(20)13-10-14(4-2)18-15(17)11-13/h10-12H,3-9H2,1-2H3,(H2,17,18). The van der Waals surface area contributed by atoms with Gasteiger partial charge in [0.05, 0.1) is 0 Å². The van der Waals surface area contributed by atoms with E-state index >= 15 is 0 Å². The molecule has 1 fully saturated rings. The Morgan fingerprint density at radius 1 is 1.35 bits per heavy atom. The Hall–Kier alpha value is -1.58. The molecular formula is C16H25N3O. The van der Waals surface area contributed by atoms with Crippen LogP contribution in [-0.4, -0.2) is 28.9 Å². The number of hydrogen-bond donors (Lipinski definition) is 1. The average Bonchev–Trinajstić information content (AvgIpc) is 2.71. The van der Waals surface area contributed by atoms with Crippen LogP contribution in [0.4, 0.5) is 5.82 Å². The van der Waals surface area contributed by atoms with Crippen molar-refractivity contribution in [3.63, 3.8) is 0 Å². The van der Waals surface area contributed by atoms with Gasteiger partial charge in [-0.05, 0) is 43.7 Å². The number of pyridine rings is 1. The van der Waals surface area contributed by atoms with Gasteiger partial charge in [-0.2, -0.15) is 0 Å². The van der Waals surface area contributed by atoms with Crippen LogP contribution >= 0.6 is 0 Å². The van der Waals surface area contributed by atoms with E-state index in [1.54, 1.807) is 6.07 Å². The number of nitrogens with two attached hydrogens (primary N) is 1. The number of nitrogen functional groups attached to an aromatic ring is 1. The van der Waals surface area contributed by atoms with Gasteiger partial charge in [-0.25, -0.2) is 4.98 Å². The van der Waals surface area contributed by atoms with Crippen molar-refractivity contribution in [2.75, 3.05) is 18.8 Å². The third kappa shape index (κ3) is 3.50. The van der Waals surface area contributed by atoms with Crippen molar-refractivity contribution >= 4 is 11.7 Å². The second-order valence-corrected chi connectivity index (χ2v) is 5.62. The maximum atomic E-state index is 12.6. The highest BCUT2D eigenvalue weighted by atomic mass is 16.2. The summed E-state index contributed by atoms with van der Waals surface area (Å²) in [7, 11) is 0. The molecular weight excluding hydrogens is 250 g/mol. The van der Waals surface area contributed by atoms with E-state index in [0.29, 0.717) is 11.4 Å². The summed E-state index contributed by atoms with van der Waals surface area (Å²) in [6.45, 7) is 5.98. The van der Waals surface area contributed by atoms with Gasteiger partial charge in [0.15, 0.2) is 0 Å². The summed E-state index contributed by atoms with van der Waals surface area (Å²) in [5, 5.41) is 0. The van der Waals surface area contributed by atoms with Crippen LogP contribution < -0.4 is 5.73 Å². The summed E-state index contributed by atoms with van der Waals surface area (Å²) in [6, 6.07) is 3.57. The summed E-state index contributed by atoms with van der Waals surface area (Å²) < 4.78 is 0. The lowest BCUT2D eigenvalue weighted by molar-refractivity contribution is 0.0759. The Morgan fingerprint density at radius 3 is 2.85 bits per heavy atom. The lowest BCUT2D eigenvalue weighted by atomic mass is 9.98. The van der Waals surface area contributed by atoms with Crippen LogP contribution in [0.2, 0.25) is 0 Å². The third-order valence-corrected chi connectivity index (χ3v) is 4.22. The van der Waals surface area contributed by atoms with Crippen molar-refractivity contribution in [1.29, 1.82) is 0 Å². The van der Waals surface area contributed by atoms with Gasteiger partial charge in [-0.1, -0.05) is 20.3 Å². The minimum atomic E-state index is 0.102. The van der Waals surface area contributed by atoms with Crippen molar-refractivity contribution in [2.24, 2.45) is 5.92 Å². The molecule has 110 valence electrons. The number of amides is 1. The average molecular weight is 275 g/mol. The second kappa shape index (κ2) is 6.73. The van der Waals surface area contributed by atoms with E-state index in [1.807, 2.05) is 17.9 Å². The zero-order chi connectivity index (χ0) is 14.5. The lowest BCUT2D eigenvalue weighted by Gasteiger charge is -2.21. The number of aromatic nitrogens is 1. The van der Waals surface area contributed by atoms with Crippen LogP contribution in [0, 0.1) is 5.92 Å². The summed E-state index contributed by atoms with van der Waals surface area (Å²) in [5.41, 5.74) is 7.36. The van der Waals surface area contributed by atoms with Crippen LogP contribution in [-0.2, 0) is 6.42 Å². The SMILES string of the molecule is CCc1cc(C(=O)N2CCCC(CC)CC2)cc(N)n1. The minimum Gasteiger partial charge on any atom is -0.384 e. The van der Waals surface area contributed by atoms with Crippen molar-refractivity contribution in [3.05, 3.63) is 23.4 Å². The van der Waals surface area contributed by atoms with Crippen LogP contribution in [0.3, 0.4) is 0 Å². The predicted octanol–water partition coefficient (Wildman–Crippen LogP) is 2.88. The van der Waals surface area contributed by atoms with Gasteiger partial charge in [-0.15, -0.1) is 0 Å². The zero-order valence-electron chi connectivity index (χ0n) is 12.6. The molecule has 1 unspecified atom stereocenters. The van der Waals surface area contributed by atoms with Gasteiger partial charge >= 0.3 is 0 Å². The topological polar surface area (TPSA) is 59.2 Å². The van der Waals surface area contributed by atoms with Crippen molar-refractivity contribution < 1.29 is 4.79 Å². The van der Waals surface area contributed by atoms with E-state index in [2.05, 4.69) is 11.9 Å². The Morgan fingerprint density at radius 2 is 2.15 bits per heavy atom. The molecule has 4 nitrogen and oxygen atoms in total. The van der Waals surface area contributed by atoms with Crippen molar-refractivity contribution in [1.82, 2.24) is 9.88 Å². The van der Waals surface area contributed by atoms with E-state index < -0.39 is 0 Å². The van der Waals surface area contributed by atoms with Crippen LogP contribution in [0.15, 0.2) is 12.1 Å². The van der Waals surface area contributed by atoms with Gasteiger partial charge in [0, 0.05) is 24.3 Å². The highest BCUT2D eigenvalue weighted by molar-refractivity contribution is 5.95. The van der Waals surface area contributed by atoms with E-state index in [9.17, 15) is 4.79 Å². The number of nitrogens with zero attached hydrogens (tertiary/aromatic N) is 2. The summed E-state index contributed by atoms with van der Waals surface area (Å²) in [5.74, 6) is 1.31. The van der Waals surface area contributed by atoms with Gasteiger partial charge < -0.3 is 10.6 Å². The van der Waals surface area contributed by atoms with E-state index in [-0.39, 0.29) is 5.91 Å². The zero-order valence-corrected chi connectivity index (χ0v) is 12.6. The molecule has 2 rings (SSSR count). The molecule has 0 bridgehead atoms. The summed E-state index contributed by atoms with van der Waals surface area (Å²) in [4.78, 5) is 18.8.